The van der Waals surface area contributed by atoms with Crippen LogP contribution in [0.2, 0.25) is 0 Å². The van der Waals surface area contributed by atoms with E-state index in [1.54, 1.807) is 6.07 Å². The quantitative estimate of drug-likeness (QED) is 0.749. The predicted molar refractivity (Wildman–Crippen MR) is 120 cm³/mol. The van der Waals surface area contributed by atoms with E-state index in [-0.39, 0.29) is 11.7 Å². The van der Waals surface area contributed by atoms with Gasteiger partial charge in [0.25, 0.3) is 0 Å². The Labute approximate surface area is 180 Å². The van der Waals surface area contributed by atoms with Gasteiger partial charge in [-0.1, -0.05) is 12.1 Å². The summed E-state index contributed by atoms with van der Waals surface area (Å²) in [6.07, 6.45) is 11.2. The van der Waals surface area contributed by atoms with Gasteiger partial charge in [-0.15, -0.1) is 0 Å². The number of hydrogen-bond acceptors (Lipinski definition) is 3. The number of benzene rings is 1. The number of nitrogens with zero attached hydrogens (tertiary/aromatic N) is 2. The van der Waals surface area contributed by atoms with Gasteiger partial charge >= 0.3 is 0 Å². The number of rotatable bonds is 6. The molecule has 1 aliphatic heterocycles. The number of halogens is 1. The van der Waals surface area contributed by atoms with Crippen LogP contribution in [0.1, 0.15) is 56.9 Å². The highest BCUT2D eigenvalue weighted by Crippen LogP contribution is 2.28. The summed E-state index contributed by atoms with van der Waals surface area (Å²) < 4.78 is 14.2. The molecule has 0 radical (unpaired) electrons. The van der Waals surface area contributed by atoms with Crippen molar-refractivity contribution in [1.29, 1.82) is 0 Å². The number of nitrogens with one attached hydrogen (secondary N) is 1. The lowest BCUT2D eigenvalue weighted by Crippen LogP contribution is -2.47. The smallest absolute Gasteiger partial charge is 0.247 e. The van der Waals surface area contributed by atoms with Gasteiger partial charge in [-0.2, -0.15) is 0 Å². The van der Waals surface area contributed by atoms with Crippen LogP contribution in [0.15, 0.2) is 29.8 Å². The molecular weight excluding hydrogens is 377 g/mol. The number of carbonyl (C=O) groups is 1. The number of hydrogen-bond donors (Lipinski definition) is 1. The van der Waals surface area contributed by atoms with Crippen LogP contribution in [0, 0.1) is 18.7 Å². The topological polar surface area (TPSA) is 35.6 Å². The molecule has 4 nitrogen and oxygen atoms in total. The Morgan fingerprint density at radius 2 is 1.90 bits per heavy atom. The molecule has 0 aromatic heterocycles. The largest absolute Gasteiger partial charge is 0.367 e. The van der Waals surface area contributed by atoms with Crippen molar-refractivity contribution in [3.8, 4) is 0 Å². The summed E-state index contributed by atoms with van der Waals surface area (Å²) in [7, 11) is 0. The lowest BCUT2D eigenvalue weighted by Gasteiger charge is -2.37. The fourth-order valence-electron chi connectivity index (χ4n) is 5.20. The monoisotopic (exact) mass is 413 g/mol. The van der Waals surface area contributed by atoms with Gasteiger partial charge in [0.1, 0.15) is 5.82 Å². The van der Waals surface area contributed by atoms with Crippen molar-refractivity contribution in [1.82, 2.24) is 10.2 Å². The summed E-state index contributed by atoms with van der Waals surface area (Å²) in [6.45, 7) is 6.88. The molecule has 164 valence electrons. The second-order valence-electron chi connectivity index (χ2n) is 9.38. The minimum Gasteiger partial charge on any atom is -0.367 e. The van der Waals surface area contributed by atoms with Gasteiger partial charge in [0, 0.05) is 37.8 Å². The van der Waals surface area contributed by atoms with E-state index < -0.39 is 0 Å². The molecule has 1 aromatic carbocycles. The number of piperazine rings is 1. The average Bonchev–Trinajstić information content (AvgIpc) is 3.29. The van der Waals surface area contributed by atoms with Crippen LogP contribution in [0.25, 0.3) is 0 Å². The third-order valence-corrected chi connectivity index (χ3v) is 7.18. The Bertz CT molecular complexity index is 762. The first-order valence-corrected chi connectivity index (χ1v) is 11.8. The van der Waals surface area contributed by atoms with Gasteiger partial charge in [-0.05, 0) is 88.4 Å². The van der Waals surface area contributed by atoms with Gasteiger partial charge in [0.2, 0.25) is 5.91 Å². The van der Waals surface area contributed by atoms with E-state index >= 15 is 0 Å². The van der Waals surface area contributed by atoms with Crippen LogP contribution in [-0.2, 0) is 4.79 Å². The first-order chi connectivity index (χ1) is 14.6. The van der Waals surface area contributed by atoms with E-state index in [1.807, 2.05) is 19.1 Å². The Hall–Kier alpha value is -1.88. The summed E-state index contributed by atoms with van der Waals surface area (Å²) in [5.41, 5.74) is 2.72. The molecule has 0 unspecified atom stereocenters. The van der Waals surface area contributed by atoms with Gasteiger partial charge in [-0.3, -0.25) is 9.69 Å². The predicted octanol–water partition coefficient (Wildman–Crippen LogP) is 4.43. The molecule has 1 saturated heterocycles. The average molecular weight is 414 g/mol. The van der Waals surface area contributed by atoms with Gasteiger partial charge in [-0.25, -0.2) is 4.39 Å². The van der Waals surface area contributed by atoms with Crippen molar-refractivity contribution < 1.29 is 9.18 Å². The van der Waals surface area contributed by atoms with Crippen LogP contribution in [0.4, 0.5) is 10.1 Å². The fraction of sp³-hybridized carbons (Fsp3) is 0.640. The lowest BCUT2D eigenvalue weighted by molar-refractivity contribution is -0.118. The normalized spacial score (nSPS) is 25.3. The summed E-state index contributed by atoms with van der Waals surface area (Å²) in [6, 6.07) is 5.91. The Morgan fingerprint density at radius 1 is 1.13 bits per heavy atom. The maximum Gasteiger partial charge on any atom is 0.247 e. The SMILES string of the molecule is Cc1ccc(N2CCN(CCC3CCC(NC(=O)C4=CCCC4)CC3)CC2)c(F)c1. The first kappa shape index (κ1) is 21.4. The minimum absolute atomic E-state index is 0.100. The van der Waals surface area contributed by atoms with Crippen LogP contribution in [0.3, 0.4) is 0 Å². The third kappa shape index (κ3) is 5.42. The number of aryl methyl sites for hydroxylation is 1. The Morgan fingerprint density at radius 3 is 2.57 bits per heavy atom. The number of amides is 1. The molecule has 0 bridgehead atoms. The van der Waals surface area contributed by atoms with Crippen LogP contribution in [0.5, 0.6) is 0 Å². The van der Waals surface area contributed by atoms with E-state index in [0.717, 1.165) is 87.6 Å². The molecule has 3 aliphatic rings. The van der Waals surface area contributed by atoms with Crippen molar-refractivity contribution >= 4 is 11.6 Å². The molecule has 5 heteroatoms. The van der Waals surface area contributed by atoms with Gasteiger partial charge < -0.3 is 10.2 Å². The van der Waals surface area contributed by atoms with Crippen LogP contribution in [-0.4, -0.2) is 49.6 Å². The van der Waals surface area contributed by atoms with E-state index in [9.17, 15) is 9.18 Å². The fourth-order valence-corrected chi connectivity index (χ4v) is 5.20. The molecule has 2 fully saturated rings. The maximum absolute atomic E-state index is 14.2. The van der Waals surface area contributed by atoms with Crippen molar-refractivity contribution in [2.45, 2.75) is 64.3 Å². The summed E-state index contributed by atoms with van der Waals surface area (Å²) in [5.74, 6) is 0.853. The van der Waals surface area contributed by atoms with Crippen LogP contribution >= 0.6 is 0 Å². The third-order valence-electron chi connectivity index (χ3n) is 7.18. The molecule has 1 heterocycles. The Kier molecular flexibility index (Phi) is 7.08. The molecule has 0 spiro atoms. The zero-order chi connectivity index (χ0) is 20.9. The number of allylic oxidation sites excluding steroid dienone is 1. The highest BCUT2D eigenvalue weighted by molar-refractivity contribution is 5.93. The molecule has 1 aromatic rings. The van der Waals surface area contributed by atoms with E-state index in [4.69, 9.17) is 0 Å². The van der Waals surface area contributed by atoms with Gasteiger partial charge in [0.15, 0.2) is 0 Å². The van der Waals surface area contributed by atoms with Crippen molar-refractivity contribution in [3.05, 3.63) is 41.2 Å². The summed E-state index contributed by atoms with van der Waals surface area (Å²) in [4.78, 5) is 17.0. The van der Waals surface area contributed by atoms with Gasteiger partial charge in [0.05, 0.1) is 5.69 Å². The Balaban J connectivity index is 1.14. The zero-order valence-corrected chi connectivity index (χ0v) is 18.3. The summed E-state index contributed by atoms with van der Waals surface area (Å²) >= 11 is 0. The van der Waals surface area contributed by atoms with E-state index in [1.165, 1.54) is 19.3 Å². The molecule has 1 N–H and O–H groups in total. The highest BCUT2D eigenvalue weighted by atomic mass is 19.1. The minimum atomic E-state index is -0.100. The zero-order valence-electron chi connectivity index (χ0n) is 18.3. The second-order valence-corrected chi connectivity index (χ2v) is 9.38. The molecular formula is C25H36FN3O. The standard InChI is InChI=1S/C25H36FN3O/c1-19-6-11-24(23(26)18-19)29-16-14-28(15-17-29)13-12-20-7-9-22(10-8-20)27-25(30)21-4-2-3-5-21/h4,6,11,18,20,22H,2-3,5,7-10,12-17H2,1H3,(H,27,30). The molecule has 1 saturated carbocycles. The van der Waals surface area contributed by atoms with Crippen molar-refractivity contribution in [2.75, 3.05) is 37.6 Å². The molecule has 4 rings (SSSR count). The molecule has 0 atom stereocenters. The molecule has 30 heavy (non-hydrogen) atoms. The van der Waals surface area contributed by atoms with Crippen molar-refractivity contribution in [2.24, 2.45) is 5.92 Å². The molecule has 2 aliphatic carbocycles. The van der Waals surface area contributed by atoms with Crippen LogP contribution < -0.4 is 10.2 Å². The highest BCUT2D eigenvalue weighted by Gasteiger charge is 2.25. The summed E-state index contributed by atoms with van der Waals surface area (Å²) in [5, 5.41) is 3.26. The van der Waals surface area contributed by atoms with E-state index in [2.05, 4.69) is 21.2 Å². The first-order valence-electron chi connectivity index (χ1n) is 11.8. The second kappa shape index (κ2) is 9.95. The maximum atomic E-state index is 14.2. The molecule has 1 amide bonds. The number of carbonyl (C=O) groups excluding carboxylic acids is 1. The lowest BCUT2D eigenvalue weighted by atomic mass is 9.84. The number of anilines is 1. The van der Waals surface area contributed by atoms with Crippen molar-refractivity contribution in [3.63, 3.8) is 0 Å². The van der Waals surface area contributed by atoms with E-state index in [0.29, 0.717) is 6.04 Å².